The van der Waals surface area contributed by atoms with Gasteiger partial charge in [0.2, 0.25) is 5.91 Å². The molecule has 3 N–H and O–H groups in total. The number of aliphatic carboxylic acids is 2. The second-order valence-electron chi connectivity index (χ2n) is 8.24. The van der Waals surface area contributed by atoms with Crippen molar-refractivity contribution in [1.82, 2.24) is 4.90 Å². The van der Waals surface area contributed by atoms with Crippen molar-refractivity contribution in [1.29, 1.82) is 0 Å². The van der Waals surface area contributed by atoms with Crippen molar-refractivity contribution in [2.24, 2.45) is 11.8 Å². The SMILES string of the molecule is CCOC(=O)c1c(-c2ccccc2)csc1NC(=O)CN1CC(C)CC(C)C1.O=C(O)C(=O)O. The van der Waals surface area contributed by atoms with E-state index >= 15 is 0 Å². The number of hydrogen-bond acceptors (Lipinski definition) is 7. The van der Waals surface area contributed by atoms with Crippen LogP contribution in [0.5, 0.6) is 0 Å². The van der Waals surface area contributed by atoms with E-state index in [-0.39, 0.29) is 5.91 Å². The summed E-state index contributed by atoms with van der Waals surface area (Å²) in [4.78, 5) is 45.7. The fraction of sp³-hybridized carbons (Fsp3) is 0.417. The number of thiophene rings is 1. The molecule has 2 aromatic rings. The Morgan fingerprint density at radius 2 is 1.65 bits per heavy atom. The molecule has 0 saturated carbocycles. The highest BCUT2D eigenvalue weighted by molar-refractivity contribution is 7.15. The average molecular weight is 491 g/mol. The van der Waals surface area contributed by atoms with Crippen LogP contribution in [-0.4, -0.2) is 65.2 Å². The smallest absolute Gasteiger partial charge is 0.414 e. The van der Waals surface area contributed by atoms with Gasteiger partial charge in [0, 0.05) is 24.0 Å². The molecule has 2 heterocycles. The Bertz CT molecular complexity index is 984. The molecule has 0 spiro atoms. The second-order valence-corrected chi connectivity index (χ2v) is 9.12. The largest absolute Gasteiger partial charge is 0.473 e. The van der Waals surface area contributed by atoms with E-state index in [9.17, 15) is 9.59 Å². The Labute approximate surface area is 202 Å². The van der Waals surface area contributed by atoms with E-state index in [1.807, 2.05) is 35.7 Å². The van der Waals surface area contributed by atoms with Gasteiger partial charge < -0.3 is 20.3 Å². The lowest BCUT2D eigenvalue weighted by Gasteiger charge is -2.34. The average Bonchev–Trinajstić information content (AvgIpc) is 3.17. The minimum Gasteiger partial charge on any atom is -0.473 e. The second kappa shape index (κ2) is 12.9. The van der Waals surface area contributed by atoms with Gasteiger partial charge in [-0.05, 0) is 30.7 Å². The number of likely N-dealkylation sites (tertiary alicyclic amines) is 1. The summed E-state index contributed by atoms with van der Waals surface area (Å²) in [6, 6.07) is 9.70. The Kier molecular flexibility index (Phi) is 10.2. The first kappa shape index (κ1) is 27.0. The third kappa shape index (κ3) is 7.96. The summed E-state index contributed by atoms with van der Waals surface area (Å²) in [5.74, 6) is -2.95. The molecule has 1 aliphatic rings. The van der Waals surface area contributed by atoms with E-state index in [0.29, 0.717) is 35.6 Å². The molecule has 0 bridgehead atoms. The number of anilines is 1. The molecule has 1 aliphatic heterocycles. The molecule has 2 unspecified atom stereocenters. The van der Waals surface area contributed by atoms with Crippen LogP contribution in [0, 0.1) is 11.8 Å². The van der Waals surface area contributed by atoms with Crippen molar-refractivity contribution < 1.29 is 34.1 Å². The standard InChI is InChI=1S/C22H28N2O3S.C2H2O4/c1-4-27-22(26)20-18(17-8-6-5-7-9-17)14-28-21(20)23-19(25)13-24-11-15(2)10-16(3)12-24;3-1(4)2(5)6/h5-9,14-16H,4,10-13H2,1-3H3,(H,23,25);(H,3,4)(H,5,6). The molecule has 34 heavy (non-hydrogen) atoms. The van der Waals surface area contributed by atoms with Crippen molar-refractivity contribution in [3.05, 3.63) is 41.3 Å². The molecule has 1 fully saturated rings. The highest BCUT2D eigenvalue weighted by Crippen LogP contribution is 2.36. The number of rotatable bonds is 6. The molecule has 0 aliphatic carbocycles. The third-order valence-corrected chi connectivity index (χ3v) is 6.00. The van der Waals surface area contributed by atoms with Crippen molar-refractivity contribution >= 4 is 40.2 Å². The number of carboxylic acid groups (broad SMARTS) is 2. The van der Waals surface area contributed by atoms with Crippen molar-refractivity contribution in [2.75, 3.05) is 31.6 Å². The predicted molar refractivity (Wildman–Crippen MR) is 129 cm³/mol. The van der Waals surface area contributed by atoms with E-state index in [1.54, 1.807) is 6.92 Å². The van der Waals surface area contributed by atoms with E-state index < -0.39 is 17.9 Å². The zero-order chi connectivity index (χ0) is 25.3. The molecule has 9 nitrogen and oxygen atoms in total. The van der Waals surface area contributed by atoms with Crippen LogP contribution < -0.4 is 5.32 Å². The van der Waals surface area contributed by atoms with Crippen LogP contribution >= 0.6 is 11.3 Å². The summed E-state index contributed by atoms with van der Waals surface area (Å²) in [6.45, 7) is 8.73. The maximum Gasteiger partial charge on any atom is 0.414 e. The molecule has 2 atom stereocenters. The number of ether oxygens (including phenoxy) is 1. The van der Waals surface area contributed by atoms with E-state index in [1.165, 1.54) is 17.8 Å². The highest BCUT2D eigenvalue weighted by atomic mass is 32.1. The fourth-order valence-electron chi connectivity index (χ4n) is 3.98. The number of esters is 1. The number of carboxylic acids is 2. The molecule has 3 rings (SSSR count). The van der Waals surface area contributed by atoms with Gasteiger partial charge in [-0.3, -0.25) is 9.69 Å². The van der Waals surface area contributed by atoms with Crippen LogP contribution in [0.2, 0.25) is 0 Å². The molecule has 1 amide bonds. The van der Waals surface area contributed by atoms with Crippen LogP contribution in [-0.2, 0) is 19.1 Å². The van der Waals surface area contributed by atoms with E-state index in [4.69, 9.17) is 24.5 Å². The lowest BCUT2D eigenvalue weighted by atomic mass is 9.92. The number of hydrogen-bond donors (Lipinski definition) is 3. The Balaban J connectivity index is 0.000000604. The number of nitrogens with one attached hydrogen (secondary N) is 1. The first-order valence-electron chi connectivity index (χ1n) is 10.9. The molecular formula is C24H30N2O7S. The molecule has 0 radical (unpaired) electrons. The quantitative estimate of drug-likeness (QED) is 0.413. The number of nitrogens with zero attached hydrogens (tertiary/aromatic N) is 1. The molecule has 1 saturated heterocycles. The summed E-state index contributed by atoms with van der Waals surface area (Å²) in [6.07, 6.45) is 1.20. The molecule has 184 valence electrons. The summed E-state index contributed by atoms with van der Waals surface area (Å²) >= 11 is 1.37. The zero-order valence-corrected chi connectivity index (χ0v) is 20.3. The normalized spacial score (nSPS) is 17.7. The summed E-state index contributed by atoms with van der Waals surface area (Å²) in [7, 11) is 0. The first-order chi connectivity index (χ1) is 16.1. The van der Waals surface area contributed by atoms with Crippen molar-refractivity contribution in [3.8, 4) is 11.1 Å². The van der Waals surface area contributed by atoms with Gasteiger partial charge in [-0.25, -0.2) is 14.4 Å². The van der Waals surface area contributed by atoms with Crippen LogP contribution in [0.1, 0.15) is 37.6 Å². The number of benzene rings is 1. The van der Waals surface area contributed by atoms with Gasteiger partial charge in [0.25, 0.3) is 0 Å². The minimum absolute atomic E-state index is 0.0895. The number of piperidine rings is 1. The van der Waals surface area contributed by atoms with Gasteiger partial charge in [0.05, 0.1) is 13.2 Å². The number of amides is 1. The molecular weight excluding hydrogens is 460 g/mol. The van der Waals surface area contributed by atoms with Gasteiger partial charge in [-0.2, -0.15) is 0 Å². The van der Waals surface area contributed by atoms with Crippen LogP contribution in [0.3, 0.4) is 0 Å². The lowest BCUT2D eigenvalue weighted by molar-refractivity contribution is -0.159. The van der Waals surface area contributed by atoms with Gasteiger partial charge in [-0.15, -0.1) is 11.3 Å². The predicted octanol–water partition coefficient (Wildman–Crippen LogP) is 3.66. The van der Waals surface area contributed by atoms with Gasteiger partial charge in [0.1, 0.15) is 10.6 Å². The summed E-state index contributed by atoms with van der Waals surface area (Å²) < 4.78 is 5.25. The van der Waals surface area contributed by atoms with Gasteiger partial charge in [-0.1, -0.05) is 44.2 Å². The summed E-state index contributed by atoms with van der Waals surface area (Å²) in [5.41, 5.74) is 2.16. The maximum atomic E-state index is 12.7. The van der Waals surface area contributed by atoms with E-state index in [2.05, 4.69) is 24.1 Å². The number of carbonyl (C=O) groups is 4. The molecule has 1 aromatic heterocycles. The topological polar surface area (TPSA) is 133 Å². The van der Waals surface area contributed by atoms with Crippen LogP contribution in [0.15, 0.2) is 35.7 Å². The fourth-order valence-corrected chi connectivity index (χ4v) is 4.95. The number of carbonyl (C=O) groups excluding carboxylic acids is 2. The molecule has 10 heteroatoms. The summed E-state index contributed by atoms with van der Waals surface area (Å²) in [5, 5.41) is 20.2. The van der Waals surface area contributed by atoms with Gasteiger partial charge in [0.15, 0.2) is 0 Å². The van der Waals surface area contributed by atoms with Crippen molar-refractivity contribution in [3.63, 3.8) is 0 Å². The monoisotopic (exact) mass is 490 g/mol. The van der Waals surface area contributed by atoms with Crippen LogP contribution in [0.4, 0.5) is 5.00 Å². The van der Waals surface area contributed by atoms with Gasteiger partial charge >= 0.3 is 17.9 Å². The Morgan fingerprint density at radius 3 is 2.18 bits per heavy atom. The molecule has 1 aromatic carbocycles. The minimum atomic E-state index is -1.82. The third-order valence-electron chi connectivity index (χ3n) is 5.10. The lowest BCUT2D eigenvalue weighted by Crippen LogP contribution is -2.42. The van der Waals surface area contributed by atoms with Crippen molar-refractivity contribution in [2.45, 2.75) is 27.2 Å². The Hall–Kier alpha value is -3.24. The zero-order valence-electron chi connectivity index (χ0n) is 19.4. The van der Waals surface area contributed by atoms with Crippen LogP contribution in [0.25, 0.3) is 11.1 Å². The maximum absolute atomic E-state index is 12.7. The Morgan fingerprint density at radius 1 is 1.06 bits per heavy atom. The van der Waals surface area contributed by atoms with E-state index in [0.717, 1.165) is 24.2 Å². The highest BCUT2D eigenvalue weighted by Gasteiger charge is 2.26. The first-order valence-corrected chi connectivity index (χ1v) is 11.8.